The number of ether oxygens (including phenoxy) is 2. The van der Waals surface area contributed by atoms with E-state index in [4.69, 9.17) is 9.47 Å². The number of amidine groups is 1. The molecule has 212 valence electrons. The highest BCUT2D eigenvalue weighted by molar-refractivity contribution is 8.19. The first-order valence-electron chi connectivity index (χ1n) is 12.6. The predicted molar refractivity (Wildman–Crippen MR) is 165 cm³/mol. The fraction of sp³-hybridized carbons (Fsp3) is 0.100. The van der Waals surface area contributed by atoms with Gasteiger partial charge in [-0.2, -0.15) is 0 Å². The maximum atomic E-state index is 13.5. The summed E-state index contributed by atoms with van der Waals surface area (Å²) in [5.74, 6) is 0.134. The van der Waals surface area contributed by atoms with Gasteiger partial charge in [0.1, 0.15) is 16.4 Å². The molecule has 3 amide bonds. The number of carbonyl (C=O) groups excluding carboxylic acids is 3. The Morgan fingerprint density at radius 1 is 0.929 bits per heavy atom. The summed E-state index contributed by atoms with van der Waals surface area (Å²) in [5.41, 5.74) is 4.78. The predicted octanol–water partition coefficient (Wildman–Crippen LogP) is 5.54. The van der Waals surface area contributed by atoms with Gasteiger partial charge in [0, 0.05) is 5.56 Å². The van der Waals surface area contributed by atoms with Crippen LogP contribution in [0.1, 0.15) is 31.3 Å². The molecule has 0 radical (unpaired) electrons. The number of thioether (sulfide) groups is 1. The average Bonchev–Trinajstić information content (AvgIpc) is 3.54. The van der Waals surface area contributed by atoms with E-state index in [-0.39, 0.29) is 27.0 Å². The van der Waals surface area contributed by atoms with Gasteiger partial charge in [0.2, 0.25) is 0 Å². The van der Waals surface area contributed by atoms with Crippen LogP contribution >= 0.6 is 23.1 Å². The number of benzene rings is 3. The second kappa shape index (κ2) is 12.7. The lowest BCUT2D eigenvalue weighted by Gasteiger charge is -2.15. The van der Waals surface area contributed by atoms with Crippen molar-refractivity contribution in [3.63, 3.8) is 0 Å². The molecule has 0 aliphatic carbocycles. The van der Waals surface area contributed by atoms with E-state index in [2.05, 4.69) is 20.8 Å². The summed E-state index contributed by atoms with van der Waals surface area (Å²) >= 11 is 2.16. The summed E-state index contributed by atoms with van der Waals surface area (Å²) < 4.78 is 10.4. The molecule has 5 rings (SSSR count). The average molecular weight is 600 g/mol. The summed E-state index contributed by atoms with van der Waals surface area (Å²) in [6, 6.07) is 23.0. The highest BCUT2D eigenvalue weighted by Crippen LogP contribution is 2.36. The van der Waals surface area contributed by atoms with E-state index in [1.807, 2.05) is 42.5 Å². The maximum Gasteiger partial charge on any atom is 0.283 e. The van der Waals surface area contributed by atoms with Crippen LogP contribution in [0.5, 0.6) is 11.5 Å². The van der Waals surface area contributed by atoms with Crippen molar-refractivity contribution in [2.75, 3.05) is 24.4 Å². The Labute approximate surface area is 250 Å². The molecule has 0 unspecified atom stereocenters. The fourth-order valence-corrected chi connectivity index (χ4v) is 5.75. The van der Waals surface area contributed by atoms with Crippen molar-refractivity contribution in [3.8, 4) is 11.5 Å². The van der Waals surface area contributed by atoms with Gasteiger partial charge in [-0.3, -0.25) is 24.6 Å². The molecule has 42 heavy (non-hydrogen) atoms. The number of nitrogens with one attached hydrogen (secondary N) is 2. The molecule has 10 nitrogen and oxygen atoms in total. The molecule has 0 saturated carbocycles. The van der Waals surface area contributed by atoms with Crippen LogP contribution < -0.4 is 25.1 Å². The van der Waals surface area contributed by atoms with Crippen LogP contribution in [0.4, 0.5) is 10.8 Å². The minimum atomic E-state index is -0.520. The van der Waals surface area contributed by atoms with Crippen molar-refractivity contribution in [2.45, 2.75) is 6.92 Å². The number of carbonyl (C=O) groups is 3. The van der Waals surface area contributed by atoms with Crippen molar-refractivity contribution >= 4 is 62.9 Å². The Morgan fingerprint density at radius 3 is 2.38 bits per heavy atom. The van der Waals surface area contributed by atoms with Crippen molar-refractivity contribution in [2.24, 2.45) is 5.10 Å². The lowest BCUT2D eigenvalue weighted by molar-refractivity contribution is -0.113. The Bertz CT molecular complexity index is 1700. The minimum absolute atomic E-state index is 0.269. The van der Waals surface area contributed by atoms with Gasteiger partial charge in [-0.1, -0.05) is 41.7 Å². The third-order valence-corrected chi connectivity index (χ3v) is 8.08. The van der Waals surface area contributed by atoms with Crippen LogP contribution in [0.3, 0.4) is 0 Å². The molecule has 4 aromatic rings. The number of hydrogen-bond acceptors (Lipinski definition) is 9. The number of nitrogens with zero attached hydrogens (tertiary/aromatic N) is 3. The molecule has 2 N–H and O–H groups in total. The lowest BCUT2D eigenvalue weighted by Crippen LogP contribution is -2.31. The monoisotopic (exact) mass is 599 g/mol. The van der Waals surface area contributed by atoms with Crippen LogP contribution in [0.25, 0.3) is 6.08 Å². The molecule has 0 bridgehead atoms. The first kappa shape index (κ1) is 28.6. The molecule has 1 aliphatic rings. The highest BCUT2D eigenvalue weighted by Gasteiger charge is 2.35. The Kier molecular flexibility index (Phi) is 8.65. The number of aryl methyl sites for hydroxylation is 1. The van der Waals surface area contributed by atoms with Crippen LogP contribution in [0.15, 0.2) is 88.9 Å². The summed E-state index contributed by atoms with van der Waals surface area (Å²) in [7, 11) is 3.13. The second-order valence-corrected chi connectivity index (χ2v) is 10.8. The topological polar surface area (TPSA) is 122 Å². The minimum Gasteiger partial charge on any atom is -0.497 e. The van der Waals surface area contributed by atoms with E-state index in [0.29, 0.717) is 33.3 Å². The van der Waals surface area contributed by atoms with Gasteiger partial charge in [0.25, 0.3) is 17.7 Å². The van der Waals surface area contributed by atoms with Crippen molar-refractivity contribution in [1.82, 2.24) is 10.4 Å². The second-order valence-electron chi connectivity index (χ2n) is 8.81. The molecule has 1 fully saturated rings. The number of amides is 3. The van der Waals surface area contributed by atoms with Gasteiger partial charge >= 0.3 is 0 Å². The standard InChI is InChI=1S/C30H25N5O5S2/c1-18-25(42-29(31-18)32-26(36)20-12-14-22(39-2)15-13-20)27(37)33-34-30-35(21-9-5-4-6-10-21)28(38)24(41-30)17-19-8-7-11-23(16-19)40-3/h4-17H,1-3H3,(H,33,37)(H,31,32,36)/b24-17-,34-30-. The zero-order valence-electron chi connectivity index (χ0n) is 22.8. The van der Waals surface area contributed by atoms with Crippen molar-refractivity contribution in [1.29, 1.82) is 0 Å². The van der Waals surface area contributed by atoms with E-state index in [1.165, 1.54) is 4.90 Å². The Balaban J connectivity index is 1.35. The molecule has 1 aromatic heterocycles. The van der Waals surface area contributed by atoms with E-state index >= 15 is 0 Å². The molecular weight excluding hydrogens is 574 g/mol. The maximum absolute atomic E-state index is 13.5. The van der Waals surface area contributed by atoms with Crippen molar-refractivity contribution in [3.05, 3.63) is 105 Å². The molecule has 0 spiro atoms. The van der Waals surface area contributed by atoms with Gasteiger partial charge in [0.05, 0.1) is 30.5 Å². The molecule has 0 atom stereocenters. The number of thiazole rings is 1. The highest BCUT2D eigenvalue weighted by atomic mass is 32.2. The fourth-order valence-electron chi connectivity index (χ4n) is 3.96. The largest absolute Gasteiger partial charge is 0.497 e. The summed E-state index contributed by atoms with van der Waals surface area (Å²) in [5, 5.41) is 7.58. The lowest BCUT2D eigenvalue weighted by atomic mass is 10.2. The number of para-hydroxylation sites is 1. The van der Waals surface area contributed by atoms with Gasteiger partial charge in [-0.15, -0.1) is 5.10 Å². The quantitative estimate of drug-likeness (QED) is 0.201. The van der Waals surface area contributed by atoms with Gasteiger partial charge in [0.15, 0.2) is 10.3 Å². The van der Waals surface area contributed by atoms with E-state index < -0.39 is 5.91 Å². The third kappa shape index (κ3) is 6.35. The number of hydrazone groups is 1. The molecule has 12 heteroatoms. The van der Waals surface area contributed by atoms with E-state index in [9.17, 15) is 14.4 Å². The number of methoxy groups -OCH3 is 2. The third-order valence-electron chi connectivity index (χ3n) is 6.04. The Morgan fingerprint density at radius 2 is 1.67 bits per heavy atom. The van der Waals surface area contributed by atoms with Crippen LogP contribution in [-0.2, 0) is 4.79 Å². The van der Waals surface area contributed by atoms with Gasteiger partial charge < -0.3 is 9.47 Å². The molecule has 1 saturated heterocycles. The zero-order chi connectivity index (χ0) is 29.6. The smallest absolute Gasteiger partial charge is 0.283 e. The van der Waals surface area contributed by atoms with E-state index in [0.717, 1.165) is 28.7 Å². The summed E-state index contributed by atoms with van der Waals surface area (Å²) in [6.07, 6.45) is 1.75. The SMILES string of the molecule is COc1ccc(C(=O)Nc2nc(C)c(C(=O)N/N=C3\S/C(=C\c4cccc(OC)c4)C(=O)N3c3ccccc3)s2)cc1. The van der Waals surface area contributed by atoms with Crippen LogP contribution in [-0.4, -0.2) is 42.1 Å². The van der Waals surface area contributed by atoms with Crippen LogP contribution in [0, 0.1) is 6.92 Å². The van der Waals surface area contributed by atoms with Gasteiger partial charge in [-0.25, -0.2) is 10.4 Å². The Hall–Kier alpha value is -4.94. The summed E-state index contributed by atoms with van der Waals surface area (Å²) in [6.45, 7) is 1.67. The number of rotatable bonds is 8. The number of anilines is 2. The first-order chi connectivity index (χ1) is 20.4. The summed E-state index contributed by atoms with van der Waals surface area (Å²) in [4.78, 5) is 45.7. The van der Waals surface area contributed by atoms with Gasteiger partial charge in [-0.05, 0) is 78.9 Å². The molecule has 3 aromatic carbocycles. The zero-order valence-corrected chi connectivity index (χ0v) is 24.4. The number of aromatic nitrogens is 1. The van der Waals surface area contributed by atoms with E-state index in [1.54, 1.807) is 63.6 Å². The molecular formula is C30H25N5O5S2. The number of hydrogen-bond donors (Lipinski definition) is 2. The normalized spacial score (nSPS) is 14.7. The van der Waals surface area contributed by atoms with Crippen molar-refractivity contribution < 1.29 is 23.9 Å². The first-order valence-corrected chi connectivity index (χ1v) is 14.2. The molecule has 1 aliphatic heterocycles. The molecule has 2 heterocycles. The van der Waals surface area contributed by atoms with Crippen LogP contribution in [0.2, 0.25) is 0 Å².